The van der Waals surface area contributed by atoms with Crippen molar-refractivity contribution in [2.45, 2.75) is 51.7 Å². The van der Waals surface area contributed by atoms with E-state index in [-0.39, 0.29) is 12.2 Å². The van der Waals surface area contributed by atoms with Crippen molar-refractivity contribution in [2.24, 2.45) is 0 Å². The van der Waals surface area contributed by atoms with Gasteiger partial charge in [-0.2, -0.15) is 0 Å². The van der Waals surface area contributed by atoms with Gasteiger partial charge in [-0.1, -0.05) is 0 Å². The first-order chi connectivity index (χ1) is 9.24. The molecule has 0 saturated carbocycles. The zero-order valence-electron chi connectivity index (χ0n) is 12.2. The molecular formula is C14H19NO5. The van der Waals surface area contributed by atoms with E-state index in [1.54, 1.807) is 20.8 Å². The number of ketones is 1. The third kappa shape index (κ3) is 2.55. The number of carbonyl (C=O) groups is 3. The lowest BCUT2D eigenvalue weighted by Crippen LogP contribution is -2.44. The maximum atomic E-state index is 12.3. The zero-order chi connectivity index (χ0) is 15.1. The molecule has 1 heterocycles. The van der Waals surface area contributed by atoms with Crippen molar-refractivity contribution in [2.75, 3.05) is 7.11 Å². The number of carbonyl (C=O) groups excluding carboxylic acids is 3. The second kappa shape index (κ2) is 4.92. The molecule has 1 atom stereocenters. The number of nitrogens with zero attached hydrogens (tertiary/aromatic N) is 1. The van der Waals surface area contributed by atoms with Gasteiger partial charge in [0, 0.05) is 24.1 Å². The minimum absolute atomic E-state index is 0.0000354. The fraction of sp³-hybridized carbons (Fsp3) is 0.643. The zero-order valence-corrected chi connectivity index (χ0v) is 12.2. The summed E-state index contributed by atoms with van der Waals surface area (Å²) in [5, 5.41) is 0. The maximum Gasteiger partial charge on any atom is 0.415 e. The summed E-state index contributed by atoms with van der Waals surface area (Å²) in [6.07, 6.45) is 0.478. The standard InChI is InChI=1S/C14H19NO5/c1-14(2,3)20-13(18)15-9-5-6-11(16)8(9)7-10(15)12(17)19-4/h10H,5-7H2,1-4H3. The van der Waals surface area contributed by atoms with Crippen LogP contribution in [-0.4, -0.2) is 41.5 Å². The number of rotatable bonds is 1. The predicted molar refractivity (Wildman–Crippen MR) is 69.8 cm³/mol. The summed E-state index contributed by atoms with van der Waals surface area (Å²) in [6, 6.07) is -0.788. The molecule has 110 valence electrons. The fourth-order valence-corrected chi connectivity index (χ4v) is 2.54. The summed E-state index contributed by atoms with van der Waals surface area (Å²) >= 11 is 0. The highest BCUT2D eigenvalue weighted by atomic mass is 16.6. The molecular weight excluding hydrogens is 262 g/mol. The maximum absolute atomic E-state index is 12.3. The lowest BCUT2D eigenvalue weighted by Gasteiger charge is -2.29. The molecule has 0 aromatic rings. The van der Waals surface area contributed by atoms with E-state index in [4.69, 9.17) is 9.47 Å². The van der Waals surface area contributed by atoms with E-state index in [1.165, 1.54) is 12.0 Å². The van der Waals surface area contributed by atoms with E-state index in [1.807, 2.05) is 0 Å². The monoisotopic (exact) mass is 281 g/mol. The van der Waals surface area contributed by atoms with E-state index in [0.717, 1.165) is 0 Å². The molecule has 6 heteroatoms. The number of ether oxygens (including phenoxy) is 2. The summed E-state index contributed by atoms with van der Waals surface area (Å²) < 4.78 is 10.0. The van der Waals surface area contributed by atoms with E-state index in [0.29, 0.717) is 24.1 Å². The van der Waals surface area contributed by atoms with Crippen molar-refractivity contribution >= 4 is 17.8 Å². The number of amides is 1. The van der Waals surface area contributed by atoms with Crippen LogP contribution in [0.15, 0.2) is 11.3 Å². The number of allylic oxidation sites excluding steroid dienone is 1. The normalized spacial score (nSPS) is 22.1. The average molecular weight is 281 g/mol. The number of hydrogen-bond acceptors (Lipinski definition) is 5. The van der Waals surface area contributed by atoms with Crippen LogP contribution >= 0.6 is 0 Å². The fourth-order valence-electron chi connectivity index (χ4n) is 2.54. The Hall–Kier alpha value is -1.85. The summed E-state index contributed by atoms with van der Waals surface area (Å²) in [4.78, 5) is 37.2. The smallest absolute Gasteiger partial charge is 0.415 e. The highest BCUT2D eigenvalue weighted by Crippen LogP contribution is 2.39. The Morgan fingerprint density at radius 1 is 1.25 bits per heavy atom. The molecule has 0 spiro atoms. The lowest BCUT2D eigenvalue weighted by molar-refractivity contribution is -0.145. The Kier molecular flexibility index (Phi) is 3.58. The predicted octanol–water partition coefficient (Wildman–Crippen LogP) is 1.79. The van der Waals surface area contributed by atoms with Crippen LogP contribution in [0.1, 0.15) is 40.0 Å². The van der Waals surface area contributed by atoms with Gasteiger partial charge in [0.2, 0.25) is 0 Å². The van der Waals surface area contributed by atoms with Gasteiger partial charge < -0.3 is 9.47 Å². The van der Waals surface area contributed by atoms with Crippen molar-refractivity contribution in [3.63, 3.8) is 0 Å². The van der Waals surface area contributed by atoms with E-state index >= 15 is 0 Å². The molecule has 1 amide bonds. The second-order valence-corrected chi connectivity index (χ2v) is 5.94. The van der Waals surface area contributed by atoms with Gasteiger partial charge in [0.25, 0.3) is 0 Å². The van der Waals surface area contributed by atoms with E-state index in [9.17, 15) is 14.4 Å². The topological polar surface area (TPSA) is 72.9 Å². The third-order valence-corrected chi connectivity index (χ3v) is 3.34. The molecule has 1 aliphatic carbocycles. The number of hydrogen-bond donors (Lipinski definition) is 0. The van der Waals surface area contributed by atoms with Crippen molar-refractivity contribution < 1.29 is 23.9 Å². The largest absolute Gasteiger partial charge is 0.467 e. The van der Waals surface area contributed by atoms with Gasteiger partial charge in [-0.25, -0.2) is 9.59 Å². The van der Waals surface area contributed by atoms with E-state index < -0.39 is 23.7 Å². The highest BCUT2D eigenvalue weighted by Gasteiger charge is 2.46. The Bertz CT molecular complexity index is 500. The summed E-state index contributed by atoms with van der Waals surface area (Å²) in [5.74, 6) is -0.530. The quantitative estimate of drug-likeness (QED) is 0.685. The minimum Gasteiger partial charge on any atom is -0.467 e. The van der Waals surface area contributed by atoms with Crippen LogP contribution in [0.3, 0.4) is 0 Å². The first-order valence-corrected chi connectivity index (χ1v) is 6.60. The van der Waals surface area contributed by atoms with Gasteiger partial charge in [0.1, 0.15) is 11.6 Å². The van der Waals surface area contributed by atoms with Gasteiger partial charge in [-0.05, 0) is 27.2 Å². The number of Topliss-reactive ketones (excluding diaryl/α,β-unsaturated/α-hetero) is 1. The van der Waals surface area contributed by atoms with Crippen LogP contribution in [0.25, 0.3) is 0 Å². The molecule has 0 fully saturated rings. The Labute approximate surface area is 117 Å². The minimum atomic E-state index is -0.788. The van der Waals surface area contributed by atoms with Gasteiger partial charge in [0.05, 0.1) is 7.11 Å². The van der Waals surface area contributed by atoms with Crippen molar-refractivity contribution in [3.8, 4) is 0 Å². The van der Waals surface area contributed by atoms with Gasteiger partial charge in [-0.15, -0.1) is 0 Å². The van der Waals surface area contributed by atoms with Crippen LogP contribution in [-0.2, 0) is 19.1 Å². The van der Waals surface area contributed by atoms with Crippen LogP contribution in [0.2, 0.25) is 0 Å². The van der Waals surface area contributed by atoms with E-state index in [2.05, 4.69) is 0 Å². The van der Waals surface area contributed by atoms with Gasteiger partial charge in [0.15, 0.2) is 5.78 Å². The molecule has 0 bridgehead atoms. The van der Waals surface area contributed by atoms with Gasteiger partial charge >= 0.3 is 12.1 Å². The molecule has 0 saturated heterocycles. The Morgan fingerprint density at radius 2 is 1.90 bits per heavy atom. The summed E-state index contributed by atoms with van der Waals surface area (Å²) in [7, 11) is 1.26. The molecule has 1 aliphatic heterocycles. The molecule has 0 aromatic carbocycles. The third-order valence-electron chi connectivity index (χ3n) is 3.34. The molecule has 2 aliphatic rings. The van der Waals surface area contributed by atoms with Crippen LogP contribution in [0.5, 0.6) is 0 Å². The highest BCUT2D eigenvalue weighted by molar-refractivity contribution is 6.02. The van der Waals surface area contributed by atoms with Gasteiger partial charge in [-0.3, -0.25) is 9.69 Å². The number of likely N-dealkylation sites (tertiary alicyclic amines) is 1. The van der Waals surface area contributed by atoms with Crippen molar-refractivity contribution in [1.82, 2.24) is 4.90 Å². The lowest BCUT2D eigenvalue weighted by atomic mass is 10.1. The van der Waals surface area contributed by atoms with Crippen molar-refractivity contribution in [3.05, 3.63) is 11.3 Å². The van der Waals surface area contributed by atoms with Crippen LogP contribution < -0.4 is 0 Å². The number of esters is 1. The number of methoxy groups -OCH3 is 1. The van der Waals surface area contributed by atoms with Crippen molar-refractivity contribution in [1.29, 1.82) is 0 Å². The SMILES string of the molecule is COC(=O)C1CC2=C(CCC2=O)N1C(=O)OC(C)(C)C. The molecule has 20 heavy (non-hydrogen) atoms. The molecule has 1 unspecified atom stereocenters. The summed E-state index contributed by atoms with van der Waals surface area (Å²) in [6.45, 7) is 5.26. The average Bonchev–Trinajstić information content (AvgIpc) is 2.86. The summed E-state index contributed by atoms with van der Waals surface area (Å²) in [5.41, 5.74) is 0.509. The molecule has 0 aromatic heterocycles. The second-order valence-electron chi connectivity index (χ2n) is 5.94. The Morgan fingerprint density at radius 3 is 2.45 bits per heavy atom. The molecule has 2 rings (SSSR count). The first kappa shape index (κ1) is 14.6. The Balaban J connectivity index is 2.29. The van der Waals surface area contributed by atoms with Crippen LogP contribution in [0.4, 0.5) is 4.79 Å². The molecule has 6 nitrogen and oxygen atoms in total. The molecule has 0 N–H and O–H groups in total. The first-order valence-electron chi connectivity index (χ1n) is 6.60. The molecule has 0 radical (unpaired) electrons. The van der Waals surface area contributed by atoms with Crippen LogP contribution in [0, 0.1) is 0 Å².